The molecule has 0 atom stereocenters. The number of hydrogen-bond donors (Lipinski definition) is 2. The Balaban J connectivity index is 0.00000256. The Morgan fingerprint density at radius 1 is 1.17 bits per heavy atom. The first kappa shape index (κ1) is 22.2. The molecule has 3 heterocycles. The lowest BCUT2D eigenvalue weighted by atomic mass is 10.0. The Kier molecular flexibility index (Phi) is 7.44. The molecular formula is C22H22ClN3O2S2. The van der Waals surface area contributed by atoms with Crippen LogP contribution in [-0.2, 0) is 24.3 Å². The Bertz CT molecular complexity index is 1050. The molecule has 1 aromatic carbocycles. The van der Waals surface area contributed by atoms with Crippen LogP contribution in [0.4, 0.5) is 5.00 Å². The first-order valence-corrected chi connectivity index (χ1v) is 11.0. The van der Waals surface area contributed by atoms with Gasteiger partial charge in [0.05, 0.1) is 5.56 Å². The molecule has 5 nitrogen and oxygen atoms in total. The molecule has 0 bridgehead atoms. The summed E-state index contributed by atoms with van der Waals surface area (Å²) in [5.41, 5.74) is 8.35. The van der Waals surface area contributed by atoms with Crippen LogP contribution < -0.4 is 11.1 Å². The van der Waals surface area contributed by atoms with Crippen LogP contribution in [0.25, 0.3) is 6.08 Å². The summed E-state index contributed by atoms with van der Waals surface area (Å²) in [6.45, 7) is 2.45. The van der Waals surface area contributed by atoms with Crippen molar-refractivity contribution in [1.29, 1.82) is 0 Å². The number of carbonyl (C=O) groups is 2. The first-order valence-electron chi connectivity index (χ1n) is 9.33. The summed E-state index contributed by atoms with van der Waals surface area (Å²) < 4.78 is 0. The molecule has 0 fully saturated rings. The number of nitrogens with two attached hydrogens (primary N) is 1. The Labute approximate surface area is 189 Å². The fourth-order valence-corrected chi connectivity index (χ4v) is 5.40. The second-order valence-corrected chi connectivity index (χ2v) is 8.94. The molecule has 0 unspecified atom stereocenters. The fraction of sp³-hybridized carbons (Fsp3) is 0.182. The highest BCUT2D eigenvalue weighted by atomic mass is 35.5. The number of fused-ring (bicyclic) bond motifs is 1. The SMILES string of the molecule is Cl.NC(=O)c1c(NC(=O)/C=C/c2cccs2)sc2c1CCN(Cc1ccccc1)C2. The molecule has 2 aromatic heterocycles. The van der Waals surface area contributed by atoms with E-state index in [1.807, 2.05) is 35.7 Å². The van der Waals surface area contributed by atoms with Gasteiger partial charge in [0.15, 0.2) is 0 Å². The summed E-state index contributed by atoms with van der Waals surface area (Å²) in [7, 11) is 0. The zero-order valence-electron chi connectivity index (χ0n) is 16.2. The average molecular weight is 460 g/mol. The number of amides is 2. The van der Waals surface area contributed by atoms with Crippen molar-refractivity contribution in [3.8, 4) is 0 Å². The summed E-state index contributed by atoms with van der Waals surface area (Å²) in [4.78, 5) is 28.9. The van der Waals surface area contributed by atoms with Gasteiger partial charge in [0.2, 0.25) is 5.91 Å². The van der Waals surface area contributed by atoms with Crippen LogP contribution in [-0.4, -0.2) is 23.3 Å². The van der Waals surface area contributed by atoms with Crippen LogP contribution in [0.3, 0.4) is 0 Å². The number of primary amides is 1. The van der Waals surface area contributed by atoms with E-state index in [0.717, 1.165) is 41.4 Å². The van der Waals surface area contributed by atoms with Gasteiger partial charge in [-0.2, -0.15) is 0 Å². The van der Waals surface area contributed by atoms with Gasteiger partial charge in [-0.25, -0.2) is 0 Å². The number of benzene rings is 1. The van der Waals surface area contributed by atoms with E-state index in [1.54, 1.807) is 17.4 Å². The maximum absolute atomic E-state index is 12.4. The third-order valence-electron chi connectivity index (χ3n) is 4.81. The molecular weight excluding hydrogens is 438 g/mol. The molecule has 1 aliphatic heterocycles. The van der Waals surface area contributed by atoms with Crippen molar-refractivity contribution in [3.05, 3.63) is 80.4 Å². The number of rotatable bonds is 6. The maximum atomic E-state index is 12.4. The second-order valence-electron chi connectivity index (χ2n) is 6.86. The Morgan fingerprint density at radius 2 is 1.97 bits per heavy atom. The summed E-state index contributed by atoms with van der Waals surface area (Å²) in [6.07, 6.45) is 3.99. The van der Waals surface area contributed by atoms with Gasteiger partial charge in [-0.1, -0.05) is 36.4 Å². The van der Waals surface area contributed by atoms with Crippen molar-refractivity contribution >= 4 is 58.0 Å². The molecule has 0 aliphatic carbocycles. The average Bonchev–Trinajstić information content (AvgIpc) is 3.34. The highest BCUT2D eigenvalue weighted by Crippen LogP contribution is 2.37. The number of thiophene rings is 2. The predicted molar refractivity (Wildman–Crippen MR) is 126 cm³/mol. The van der Waals surface area contributed by atoms with E-state index in [-0.39, 0.29) is 18.3 Å². The van der Waals surface area contributed by atoms with Gasteiger partial charge in [0, 0.05) is 35.5 Å². The lowest BCUT2D eigenvalue weighted by Crippen LogP contribution is -2.30. The molecule has 156 valence electrons. The smallest absolute Gasteiger partial charge is 0.251 e. The van der Waals surface area contributed by atoms with E-state index >= 15 is 0 Å². The van der Waals surface area contributed by atoms with Crippen molar-refractivity contribution in [2.24, 2.45) is 5.73 Å². The predicted octanol–water partition coefficient (Wildman–Crippen LogP) is 4.54. The minimum atomic E-state index is -0.489. The minimum Gasteiger partial charge on any atom is -0.365 e. The summed E-state index contributed by atoms with van der Waals surface area (Å²) in [5.74, 6) is -0.753. The summed E-state index contributed by atoms with van der Waals surface area (Å²) in [6, 6.07) is 14.2. The fourth-order valence-electron chi connectivity index (χ4n) is 3.48. The lowest BCUT2D eigenvalue weighted by Gasteiger charge is -2.27. The molecule has 1 aliphatic rings. The van der Waals surface area contributed by atoms with Crippen LogP contribution >= 0.6 is 35.1 Å². The molecule has 3 aromatic rings. The minimum absolute atomic E-state index is 0. The van der Waals surface area contributed by atoms with E-state index in [4.69, 9.17) is 5.73 Å². The third-order valence-corrected chi connectivity index (χ3v) is 6.78. The summed E-state index contributed by atoms with van der Waals surface area (Å²) in [5, 5.41) is 5.36. The zero-order valence-corrected chi connectivity index (χ0v) is 18.6. The van der Waals surface area contributed by atoms with Crippen molar-refractivity contribution in [2.75, 3.05) is 11.9 Å². The molecule has 3 N–H and O–H groups in total. The number of halogens is 1. The molecule has 0 saturated heterocycles. The van der Waals surface area contributed by atoms with Crippen LogP contribution in [0.1, 0.15) is 31.2 Å². The standard InChI is InChI=1S/C22H21N3O2S2.ClH/c23-21(27)20-17-10-11-25(13-15-5-2-1-3-6-15)14-18(17)29-22(20)24-19(26)9-8-16-7-4-12-28-16;/h1-9,12H,10-11,13-14H2,(H2,23,27)(H,24,26);1H/b9-8+;. The molecule has 0 radical (unpaired) electrons. The number of nitrogens with one attached hydrogen (secondary N) is 1. The van der Waals surface area contributed by atoms with Gasteiger partial charge in [-0.15, -0.1) is 35.1 Å². The van der Waals surface area contributed by atoms with Crippen LogP contribution in [0.15, 0.2) is 53.9 Å². The largest absolute Gasteiger partial charge is 0.365 e. The van der Waals surface area contributed by atoms with Crippen molar-refractivity contribution in [2.45, 2.75) is 19.5 Å². The third kappa shape index (κ3) is 5.17. The number of carbonyl (C=O) groups excluding carboxylic acids is 2. The normalized spacial score (nSPS) is 13.6. The van der Waals surface area contributed by atoms with Crippen LogP contribution in [0, 0.1) is 0 Å². The molecule has 0 spiro atoms. The lowest BCUT2D eigenvalue weighted by molar-refractivity contribution is -0.111. The first-order chi connectivity index (χ1) is 14.1. The summed E-state index contributed by atoms with van der Waals surface area (Å²) >= 11 is 3.01. The maximum Gasteiger partial charge on any atom is 0.251 e. The Hall–Kier alpha value is -2.45. The molecule has 0 saturated carbocycles. The quantitative estimate of drug-likeness (QED) is 0.531. The monoisotopic (exact) mass is 459 g/mol. The van der Waals surface area contributed by atoms with E-state index in [9.17, 15) is 9.59 Å². The zero-order chi connectivity index (χ0) is 20.2. The van der Waals surface area contributed by atoms with Crippen molar-refractivity contribution in [1.82, 2.24) is 4.90 Å². The molecule has 30 heavy (non-hydrogen) atoms. The number of hydrogen-bond acceptors (Lipinski definition) is 5. The van der Waals surface area contributed by atoms with Gasteiger partial charge >= 0.3 is 0 Å². The molecule has 4 rings (SSSR count). The van der Waals surface area contributed by atoms with E-state index in [1.165, 1.54) is 23.0 Å². The van der Waals surface area contributed by atoms with E-state index in [0.29, 0.717) is 10.6 Å². The molecule has 2 amide bonds. The van der Waals surface area contributed by atoms with Gasteiger partial charge in [0.25, 0.3) is 5.91 Å². The highest BCUT2D eigenvalue weighted by molar-refractivity contribution is 7.17. The highest BCUT2D eigenvalue weighted by Gasteiger charge is 2.27. The van der Waals surface area contributed by atoms with E-state index in [2.05, 4.69) is 22.3 Å². The van der Waals surface area contributed by atoms with Crippen LogP contribution in [0.2, 0.25) is 0 Å². The van der Waals surface area contributed by atoms with Gasteiger partial charge < -0.3 is 11.1 Å². The number of nitrogens with zero attached hydrogens (tertiary/aromatic N) is 1. The van der Waals surface area contributed by atoms with Crippen LogP contribution in [0.5, 0.6) is 0 Å². The van der Waals surface area contributed by atoms with Gasteiger partial charge in [0.1, 0.15) is 5.00 Å². The van der Waals surface area contributed by atoms with Gasteiger partial charge in [-0.05, 0) is 35.1 Å². The van der Waals surface area contributed by atoms with Crippen molar-refractivity contribution in [3.63, 3.8) is 0 Å². The molecule has 8 heteroatoms. The topological polar surface area (TPSA) is 75.4 Å². The van der Waals surface area contributed by atoms with Crippen molar-refractivity contribution < 1.29 is 9.59 Å². The second kappa shape index (κ2) is 10.0. The van der Waals surface area contributed by atoms with E-state index < -0.39 is 5.91 Å². The number of anilines is 1. The Morgan fingerprint density at radius 3 is 2.67 bits per heavy atom. The van der Waals surface area contributed by atoms with Gasteiger partial charge in [-0.3, -0.25) is 14.5 Å².